The molecule has 0 unspecified atom stereocenters. The van der Waals surface area contributed by atoms with E-state index in [1.54, 1.807) is 4.52 Å². The van der Waals surface area contributed by atoms with E-state index in [9.17, 15) is 4.79 Å². The summed E-state index contributed by atoms with van der Waals surface area (Å²) in [5.41, 5.74) is 1.89. The van der Waals surface area contributed by atoms with Crippen LogP contribution >= 0.6 is 0 Å². The highest BCUT2D eigenvalue weighted by Gasteiger charge is 2.25. The van der Waals surface area contributed by atoms with E-state index < -0.39 is 0 Å². The third kappa shape index (κ3) is 2.32. The Balaban J connectivity index is 2.36. The largest absolute Gasteiger partial charge is 0.303 e. The lowest BCUT2D eigenvalue weighted by atomic mass is 9.96. The number of aromatic nitrogens is 4. The number of nitrogens with zero attached hydrogens (tertiary/aromatic N) is 3. The van der Waals surface area contributed by atoms with Gasteiger partial charge in [0.25, 0.3) is 5.56 Å². The zero-order valence-corrected chi connectivity index (χ0v) is 13.3. The number of hydrogen-bond acceptors (Lipinski definition) is 3. The second-order valence-electron chi connectivity index (χ2n) is 6.41. The molecule has 3 aromatic rings. The van der Waals surface area contributed by atoms with Gasteiger partial charge in [0.2, 0.25) is 0 Å². The van der Waals surface area contributed by atoms with Crippen molar-refractivity contribution in [2.24, 2.45) is 0 Å². The van der Waals surface area contributed by atoms with Crippen LogP contribution in [-0.2, 0) is 11.8 Å². The lowest BCUT2D eigenvalue weighted by molar-refractivity contribution is 0.528. The van der Waals surface area contributed by atoms with Crippen LogP contribution in [0.1, 0.15) is 39.2 Å². The predicted molar refractivity (Wildman–Crippen MR) is 87.1 cm³/mol. The maximum Gasteiger partial charge on any atom is 0.277 e. The topological polar surface area (TPSA) is 63.1 Å². The van der Waals surface area contributed by atoms with Crippen molar-refractivity contribution >= 4 is 5.52 Å². The predicted octanol–water partition coefficient (Wildman–Crippen LogP) is 2.94. The van der Waals surface area contributed by atoms with Crippen molar-refractivity contribution in [2.75, 3.05) is 0 Å². The zero-order valence-electron chi connectivity index (χ0n) is 13.3. The molecule has 0 saturated carbocycles. The Kier molecular flexibility index (Phi) is 3.35. The van der Waals surface area contributed by atoms with E-state index >= 15 is 0 Å². The second-order valence-corrected chi connectivity index (χ2v) is 6.41. The van der Waals surface area contributed by atoms with Crippen molar-refractivity contribution in [1.29, 1.82) is 0 Å². The van der Waals surface area contributed by atoms with Crippen LogP contribution in [0.5, 0.6) is 0 Å². The van der Waals surface area contributed by atoms with Gasteiger partial charge in [-0.2, -0.15) is 0 Å². The Morgan fingerprint density at radius 3 is 2.45 bits per heavy atom. The number of imidazole rings is 1. The summed E-state index contributed by atoms with van der Waals surface area (Å²) in [6.07, 6.45) is 0.703. The summed E-state index contributed by atoms with van der Waals surface area (Å²) in [5.74, 6) is 1.37. The Morgan fingerprint density at radius 1 is 1.18 bits per heavy atom. The average Bonchev–Trinajstić information content (AvgIpc) is 2.87. The van der Waals surface area contributed by atoms with Gasteiger partial charge in [-0.1, -0.05) is 58.0 Å². The van der Waals surface area contributed by atoms with Crippen LogP contribution in [0.15, 0.2) is 35.1 Å². The van der Waals surface area contributed by atoms with Gasteiger partial charge in [0.05, 0.1) is 5.69 Å². The van der Waals surface area contributed by atoms with Gasteiger partial charge in [0.1, 0.15) is 5.82 Å². The van der Waals surface area contributed by atoms with Crippen LogP contribution in [0.3, 0.4) is 0 Å². The van der Waals surface area contributed by atoms with Crippen LogP contribution in [-0.4, -0.2) is 19.6 Å². The zero-order chi connectivity index (χ0) is 15.9. The van der Waals surface area contributed by atoms with Crippen LogP contribution in [0, 0.1) is 0 Å². The standard InChI is InChI=1S/C17H20N4O/c1-5-12-13-15(22)19-14(11-9-7-6-8-10-11)20-21(13)16(18-12)17(2,3)4/h6-10H,5H2,1-4H3,(H,19,20,22). The normalized spacial score (nSPS) is 12.0. The number of benzene rings is 1. The van der Waals surface area contributed by atoms with Crippen LogP contribution in [0.25, 0.3) is 16.9 Å². The molecule has 1 aromatic carbocycles. The van der Waals surface area contributed by atoms with Gasteiger partial charge in [-0.25, -0.2) is 9.50 Å². The molecule has 0 radical (unpaired) electrons. The molecule has 0 aliphatic rings. The summed E-state index contributed by atoms with van der Waals surface area (Å²) in [6.45, 7) is 8.23. The highest BCUT2D eigenvalue weighted by Crippen LogP contribution is 2.23. The third-order valence-electron chi connectivity index (χ3n) is 3.63. The third-order valence-corrected chi connectivity index (χ3v) is 3.63. The van der Waals surface area contributed by atoms with E-state index in [-0.39, 0.29) is 11.0 Å². The monoisotopic (exact) mass is 296 g/mol. The van der Waals surface area contributed by atoms with Gasteiger partial charge in [-0.3, -0.25) is 4.79 Å². The summed E-state index contributed by atoms with van der Waals surface area (Å²) in [6, 6.07) is 9.65. The number of nitrogens with one attached hydrogen (secondary N) is 1. The molecule has 2 heterocycles. The molecule has 2 aromatic heterocycles. The molecule has 0 atom stereocenters. The van der Waals surface area contributed by atoms with Gasteiger partial charge in [0, 0.05) is 11.0 Å². The fourth-order valence-corrected chi connectivity index (χ4v) is 2.53. The summed E-state index contributed by atoms with van der Waals surface area (Å²) < 4.78 is 1.71. The van der Waals surface area contributed by atoms with E-state index in [0.717, 1.165) is 17.1 Å². The lowest BCUT2D eigenvalue weighted by Gasteiger charge is -2.16. The number of aromatic amines is 1. The Hall–Kier alpha value is -2.43. The van der Waals surface area contributed by atoms with Gasteiger partial charge in [0.15, 0.2) is 11.3 Å². The lowest BCUT2D eigenvalue weighted by Crippen LogP contribution is -2.21. The molecule has 0 bridgehead atoms. The van der Waals surface area contributed by atoms with E-state index in [2.05, 4.69) is 35.8 Å². The van der Waals surface area contributed by atoms with Gasteiger partial charge < -0.3 is 4.98 Å². The minimum Gasteiger partial charge on any atom is -0.303 e. The number of hydrogen-bond donors (Lipinski definition) is 1. The fourth-order valence-electron chi connectivity index (χ4n) is 2.53. The molecule has 22 heavy (non-hydrogen) atoms. The van der Waals surface area contributed by atoms with E-state index in [1.165, 1.54) is 0 Å². The number of rotatable bonds is 2. The summed E-state index contributed by atoms with van der Waals surface area (Å²) in [5, 5.41) is 4.64. The molecule has 0 fully saturated rings. The average molecular weight is 296 g/mol. The maximum absolute atomic E-state index is 12.5. The van der Waals surface area contributed by atoms with E-state index in [1.807, 2.05) is 37.3 Å². The van der Waals surface area contributed by atoms with Crippen molar-refractivity contribution < 1.29 is 0 Å². The maximum atomic E-state index is 12.5. The molecule has 0 aliphatic heterocycles. The molecule has 5 nitrogen and oxygen atoms in total. The Morgan fingerprint density at radius 2 is 1.86 bits per heavy atom. The van der Waals surface area contributed by atoms with Gasteiger partial charge in [-0.05, 0) is 6.42 Å². The molecule has 5 heteroatoms. The molecule has 114 valence electrons. The molecular weight excluding hydrogens is 276 g/mol. The first-order valence-electron chi connectivity index (χ1n) is 7.49. The molecule has 0 saturated heterocycles. The minimum absolute atomic E-state index is 0.145. The fraction of sp³-hybridized carbons (Fsp3) is 0.353. The molecule has 3 rings (SSSR count). The first kappa shape index (κ1) is 14.5. The van der Waals surface area contributed by atoms with Crippen LogP contribution in [0.2, 0.25) is 0 Å². The van der Waals surface area contributed by atoms with Crippen molar-refractivity contribution in [3.05, 3.63) is 52.2 Å². The SMILES string of the molecule is CCc1nc(C(C)(C)C)n2nc(-c3ccccc3)[nH]c(=O)c12. The first-order chi connectivity index (χ1) is 10.4. The quantitative estimate of drug-likeness (QED) is 0.791. The van der Waals surface area contributed by atoms with Gasteiger partial charge in [-0.15, -0.1) is 5.10 Å². The number of H-pyrrole nitrogens is 1. The van der Waals surface area contributed by atoms with E-state index in [0.29, 0.717) is 17.8 Å². The number of aryl methyl sites for hydroxylation is 1. The molecule has 0 spiro atoms. The van der Waals surface area contributed by atoms with Gasteiger partial charge >= 0.3 is 0 Å². The number of fused-ring (bicyclic) bond motifs is 1. The van der Waals surface area contributed by atoms with Crippen LogP contribution in [0.4, 0.5) is 0 Å². The summed E-state index contributed by atoms with van der Waals surface area (Å²) in [4.78, 5) is 20.1. The molecular formula is C17H20N4O. The second kappa shape index (κ2) is 5.09. The first-order valence-corrected chi connectivity index (χ1v) is 7.49. The summed E-state index contributed by atoms with van der Waals surface area (Å²) >= 11 is 0. The molecule has 0 amide bonds. The van der Waals surface area contributed by atoms with Crippen molar-refractivity contribution in [3.63, 3.8) is 0 Å². The molecule has 1 N–H and O–H groups in total. The van der Waals surface area contributed by atoms with E-state index in [4.69, 9.17) is 0 Å². The Labute approximate surface area is 129 Å². The minimum atomic E-state index is -0.189. The highest BCUT2D eigenvalue weighted by molar-refractivity contribution is 5.58. The van der Waals surface area contributed by atoms with Crippen molar-refractivity contribution in [3.8, 4) is 11.4 Å². The smallest absolute Gasteiger partial charge is 0.277 e. The van der Waals surface area contributed by atoms with Crippen molar-refractivity contribution in [1.82, 2.24) is 19.6 Å². The Bertz CT molecular complexity index is 869. The van der Waals surface area contributed by atoms with Crippen molar-refractivity contribution in [2.45, 2.75) is 39.5 Å². The summed E-state index contributed by atoms with van der Waals surface area (Å²) in [7, 11) is 0. The molecule has 0 aliphatic carbocycles. The van der Waals surface area contributed by atoms with Crippen LogP contribution < -0.4 is 5.56 Å². The highest BCUT2D eigenvalue weighted by atomic mass is 16.1.